The van der Waals surface area contributed by atoms with E-state index in [2.05, 4.69) is 0 Å². The fourth-order valence-electron chi connectivity index (χ4n) is 1.96. The van der Waals surface area contributed by atoms with Crippen LogP contribution < -0.4 is 14.2 Å². The molecule has 0 radical (unpaired) electrons. The molecule has 4 nitrogen and oxygen atoms in total. The second-order valence-electron chi connectivity index (χ2n) is 5.31. The van der Waals surface area contributed by atoms with Crippen molar-refractivity contribution in [2.24, 2.45) is 0 Å². The Balaban J connectivity index is 2.10. The summed E-state index contributed by atoms with van der Waals surface area (Å²) in [5.74, 6) is 2.23. The summed E-state index contributed by atoms with van der Waals surface area (Å²) in [7, 11) is 6.97. The Labute approximate surface area is 148 Å². The third kappa shape index (κ3) is 4.99. The van der Waals surface area contributed by atoms with Crippen LogP contribution in [0, 0.1) is 0 Å². The molecule has 0 spiro atoms. The molecule has 0 atom stereocenters. The second-order valence-corrected chi connectivity index (χ2v) is 5.66. The minimum Gasteiger partial charge on any atom is -0.497 e. The minimum atomic E-state index is 0.432. The largest absolute Gasteiger partial charge is 0.497 e. The van der Waals surface area contributed by atoms with Crippen LogP contribution in [-0.2, 0) is 0 Å². The average molecular weight is 343 g/mol. The zero-order valence-electron chi connectivity index (χ0n) is 14.3. The summed E-state index contributed by atoms with van der Waals surface area (Å²) in [6.45, 7) is 0. The summed E-state index contributed by atoms with van der Waals surface area (Å²) in [6.07, 6.45) is 4.02. The molecule has 0 amide bonds. The molecule has 0 N–H and O–H groups in total. The van der Waals surface area contributed by atoms with Crippen LogP contribution >= 0.6 is 12.2 Å². The molecule has 0 saturated carbocycles. The van der Waals surface area contributed by atoms with Gasteiger partial charge in [0.15, 0.2) is 0 Å². The lowest BCUT2D eigenvalue weighted by atomic mass is 10.1. The molecule has 0 aromatic heterocycles. The van der Waals surface area contributed by atoms with E-state index in [4.69, 9.17) is 26.4 Å². The van der Waals surface area contributed by atoms with Crippen LogP contribution in [0.3, 0.4) is 0 Å². The van der Waals surface area contributed by atoms with Crippen molar-refractivity contribution in [1.82, 2.24) is 4.90 Å². The Kier molecular flexibility index (Phi) is 6.21. The topological polar surface area (TPSA) is 30.9 Å². The van der Waals surface area contributed by atoms with Gasteiger partial charge < -0.3 is 19.1 Å². The van der Waals surface area contributed by atoms with Crippen molar-refractivity contribution in [3.8, 4) is 17.2 Å². The van der Waals surface area contributed by atoms with E-state index >= 15 is 0 Å². The van der Waals surface area contributed by atoms with Crippen molar-refractivity contribution < 1.29 is 14.2 Å². The van der Waals surface area contributed by atoms with E-state index in [9.17, 15) is 0 Å². The number of hydrogen-bond donors (Lipinski definition) is 0. The lowest BCUT2D eigenvalue weighted by Gasteiger charge is -2.13. The van der Waals surface area contributed by atoms with Gasteiger partial charge in [-0.05, 0) is 47.6 Å². The monoisotopic (exact) mass is 343 g/mol. The molecule has 126 valence electrons. The molecule has 0 heterocycles. The molecule has 2 aromatic carbocycles. The van der Waals surface area contributed by atoms with Crippen molar-refractivity contribution in [2.75, 3.05) is 28.3 Å². The zero-order valence-corrected chi connectivity index (χ0v) is 15.1. The second kappa shape index (κ2) is 8.36. The lowest BCUT2D eigenvalue weighted by Crippen LogP contribution is -2.24. The predicted molar refractivity (Wildman–Crippen MR) is 102 cm³/mol. The van der Waals surface area contributed by atoms with E-state index in [1.807, 2.05) is 68.7 Å². The van der Waals surface area contributed by atoms with Crippen molar-refractivity contribution in [2.45, 2.75) is 0 Å². The van der Waals surface area contributed by atoms with Gasteiger partial charge in [0.05, 0.1) is 14.2 Å². The lowest BCUT2D eigenvalue weighted by molar-refractivity contribution is 0.394. The summed E-state index contributed by atoms with van der Waals surface area (Å²) >= 11 is 5.12. The third-order valence-corrected chi connectivity index (χ3v) is 3.74. The molecular formula is C19H21NO3S. The Bertz CT molecular complexity index is 702. The number of methoxy groups -OCH3 is 2. The quantitative estimate of drug-likeness (QED) is 0.603. The Morgan fingerprint density at radius 1 is 0.833 bits per heavy atom. The fourth-order valence-corrected chi connectivity index (χ4v) is 2.05. The maximum atomic E-state index is 5.55. The van der Waals surface area contributed by atoms with Gasteiger partial charge in [-0.1, -0.05) is 24.3 Å². The number of hydrogen-bond acceptors (Lipinski definition) is 4. The maximum absolute atomic E-state index is 5.55. The summed E-state index contributed by atoms with van der Waals surface area (Å²) in [4.78, 5) is 1.75. The number of thiocarbonyl (C=S) groups is 1. The molecule has 0 aliphatic rings. The summed E-state index contributed by atoms with van der Waals surface area (Å²) < 4.78 is 16.1. The van der Waals surface area contributed by atoms with Crippen LogP contribution in [0.4, 0.5) is 0 Å². The first kappa shape index (κ1) is 17.8. The van der Waals surface area contributed by atoms with Crippen LogP contribution in [0.25, 0.3) is 12.2 Å². The normalized spacial score (nSPS) is 10.5. The smallest absolute Gasteiger partial charge is 0.264 e. The molecule has 0 aliphatic heterocycles. The molecule has 5 heteroatoms. The number of rotatable bonds is 5. The van der Waals surface area contributed by atoms with E-state index in [1.54, 1.807) is 19.1 Å². The Morgan fingerprint density at radius 3 is 1.88 bits per heavy atom. The predicted octanol–water partition coefficient (Wildman–Crippen LogP) is 4.10. The van der Waals surface area contributed by atoms with E-state index in [0.29, 0.717) is 10.9 Å². The fraction of sp³-hybridized carbons (Fsp3) is 0.211. The van der Waals surface area contributed by atoms with Crippen molar-refractivity contribution in [1.29, 1.82) is 0 Å². The van der Waals surface area contributed by atoms with Gasteiger partial charge in [0.2, 0.25) is 0 Å². The molecule has 0 fully saturated rings. The van der Waals surface area contributed by atoms with Crippen molar-refractivity contribution in [3.63, 3.8) is 0 Å². The SMILES string of the molecule is COc1cc(C=Cc2ccc(OC(=S)N(C)C)cc2)cc(OC)c1. The van der Waals surface area contributed by atoms with Gasteiger partial charge in [0.1, 0.15) is 17.2 Å². The Morgan fingerprint density at radius 2 is 1.38 bits per heavy atom. The number of ether oxygens (including phenoxy) is 3. The van der Waals surface area contributed by atoms with Gasteiger partial charge >= 0.3 is 0 Å². The Hall–Kier alpha value is -2.53. The van der Waals surface area contributed by atoms with Gasteiger partial charge in [-0.3, -0.25) is 0 Å². The highest BCUT2D eigenvalue weighted by atomic mass is 32.1. The first-order valence-corrected chi connectivity index (χ1v) is 7.83. The molecule has 24 heavy (non-hydrogen) atoms. The zero-order chi connectivity index (χ0) is 17.5. The van der Waals surface area contributed by atoms with E-state index < -0.39 is 0 Å². The highest BCUT2D eigenvalue weighted by molar-refractivity contribution is 7.80. The van der Waals surface area contributed by atoms with Crippen LogP contribution in [-0.4, -0.2) is 38.4 Å². The summed E-state index contributed by atoms with van der Waals surface area (Å²) in [5, 5.41) is 0.432. The number of benzene rings is 2. The molecule has 0 saturated heterocycles. The maximum Gasteiger partial charge on any atom is 0.264 e. The average Bonchev–Trinajstić information content (AvgIpc) is 2.60. The van der Waals surface area contributed by atoms with Crippen LogP contribution in [0.5, 0.6) is 17.2 Å². The van der Waals surface area contributed by atoms with Crippen molar-refractivity contribution in [3.05, 3.63) is 53.6 Å². The van der Waals surface area contributed by atoms with Crippen molar-refractivity contribution >= 4 is 29.5 Å². The molecule has 0 aliphatic carbocycles. The van der Waals surface area contributed by atoms with Crippen LogP contribution in [0.15, 0.2) is 42.5 Å². The van der Waals surface area contributed by atoms with E-state index in [-0.39, 0.29) is 0 Å². The summed E-state index contributed by atoms with van der Waals surface area (Å²) in [6, 6.07) is 13.5. The van der Waals surface area contributed by atoms with E-state index in [1.165, 1.54) is 0 Å². The number of nitrogens with zero attached hydrogens (tertiary/aromatic N) is 1. The molecular weight excluding hydrogens is 322 g/mol. The van der Waals surface area contributed by atoms with Gasteiger partial charge in [0.25, 0.3) is 5.17 Å². The molecule has 0 bridgehead atoms. The highest BCUT2D eigenvalue weighted by Crippen LogP contribution is 2.24. The molecule has 2 rings (SSSR count). The van der Waals surface area contributed by atoms with Gasteiger partial charge in [-0.15, -0.1) is 0 Å². The standard InChI is InChI=1S/C19H21NO3S/c1-20(2)19(24)23-16-9-7-14(8-10-16)5-6-15-11-17(21-3)13-18(12-15)22-4/h5-13H,1-4H3. The van der Waals surface area contributed by atoms with Crippen LogP contribution in [0.1, 0.15) is 11.1 Å². The van der Waals surface area contributed by atoms with Gasteiger partial charge in [0, 0.05) is 20.2 Å². The molecule has 0 unspecified atom stereocenters. The van der Waals surface area contributed by atoms with Gasteiger partial charge in [-0.25, -0.2) is 0 Å². The molecule has 2 aromatic rings. The first-order valence-electron chi connectivity index (χ1n) is 7.42. The summed E-state index contributed by atoms with van der Waals surface area (Å²) in [5.41, 5.74) is 2.06. The third-order valence-electron chi connectivity index (χ3n) is 3.29. The van der Waals surface area contributed by atoms with Crippen LogP contribution in [0.2, 0.25) is 0 Å². The van der Waals surface area contributed by atoms with Gasteiger partial charge in [-0.2, -0.15) is 0 Å². The first-order chi connectivity index (χ1) is 11.5. The minimum absolute atomic E-state index is 0.432. The van der Waals surface area contributed by atoms with E-state index in [0.717, 1.165) is 22.6 Å². The highest BCUT2D eigenvalue weighted by Gasteiger charge is 2.02.